The predicted octanol–water partition coefficient (Wildman–Crippen LogP) is 4.06. The van der Waals surface area contributed by atoms with Crippen LogP contribution in [0.2, 0.25) is 0 Å². The average Bonchev–Trinajstić information content (AvgIpc) is 3.26. The number of hydrogen-bond donors (Lipinski definition) is 1. The van der Waals surface area contributed by atoms with Gasteiger partial charge in [0, 0.05) is 25.2 Å². The Balaban J connectivity index is 1.38. The molecule has 0 spiro atoms. The first kappa shape index (κ1) is 22.9. The molecule has 0 radical (unpaired) electrons. The third-order valence-electron chi connectivity index (χ3n) is 5.94. The topological polar surface area (TPSA) is 97.3 Å². The fraction of sp³-hybridized carbons (Fsp3) is 0.292. The molecule has 3 heterocycles. The number of hydrogen-bond acceptors (Lipinski definition) is 8. The van der Waals surface area contributed by atoms with Crippen LogP contribution in [0.5, 0.6) is 0 Å². The number of benzene rings is 2. The number of thiazole rings is 1. The van der Waals surface area contributed by atoms with Crippen LogP contribution in [0.4, 0.5) is 11.5 Å². The molecule has 34 heavy (non-hydrogen) atoms. The number of sulfonamides is 1. The van der Waals surface area contributed by atoms with Crippen molar-refractivity contribution in [2.75, 3.05) is 31.6 Å². The van der Waals surface area contributed by atoms with Gasteiger partial charge in [-0.25, -0.2) is 23.4 Å². The van der Waals surface area contributed by atoms with E-state index in [1.165, 1.54) is 27.3 Å². The standard InChI is InChI=1S/C24H25N5O3S2/c1-16-4-3-5-17(2)20(16)14-21-28-22-23(25-15-26-24(22)33-21)27-18-6-8-19(9-7-18)34(30,31)29-10-12-32-13-11-29/h3-9,15H,10-14H2,1-2H3,(H,25,26,27). The Labute approximate surface area is 202 Å². The molecule has 2 aromatic carbocycles. The summed E-state index contributed by atoms with van der Waals surface area (Å²) in [6.07, 6.45) is 2.26. The molecule has 1 aliphatic rings. The second-order valence-electron chi connectivity index (χ2n) is 8.20. The Kier molecular flexibility index (Phi) is 6.30. The highest BCUT2D eigenvalue weighted by molar-refractivity contribution is 7.89. The zero-order chi connectivity index (χ0) is 23.7. The van der Waals surface area contributed by atoms with E-state index >= 15 is 0 Å². The van der Waals surface area contributed by atoms with Crippen LogP contribution in [0, 0.1) is 13.8 Å². The molecule has 1 N–H and O–H groups in total. The van der Waals surface area contributed by atoms with Crippen molar-refractivity contribution in [2.24, 2.45) is 0 Å². The lowest BCUT2D eigenvalue weighted by Gasteiger charge is -2.26. The number of nitrogens with zero attached hydrogens (tertiary/aromatic N) is 4. The minimum Gasteiger partial charge on any atom is -0.379 e. The molecule has 0 amide bonds. The summed E-state index contributed by atoms with van der Waals surface area (Å²) in [5.74, 6) is 0.595. The van der Waals surface area contributed by atoms with Gasteiger partial charge in [-0.05, 0) is 54.8 Å². The van der Waals surface area contributed by atoms with Crippen LogP contribution in [0.3, 0.4) is 0 Å². The molecule has 0 aliphatic carbocycles. The number of aromatic nitrogens is 3. The first-order chi connectivity index (χ1) is 16.4. The number of aryl methyl sites for hydroxylation is 2. The average molecular weight is 496 g/mol. The Bertz CT molecular complexity index is 1410. The number of fused-ring (bicyclic) bond motifs is 1. The highest BCUT2D eigenvalue weighted by atomic mass is 32.2. The molecule has 5 rings (SSSR count). The lowest BCUT2D eigenvalue weighted by Crippen LogP contribution is -2.40. The summed E-state index contributed by atoms with van der Waals surface area (Å²) in [5, 5.41) is 4.24. The molecule has 0 bridgehead atoms. The SMILES string of the molecule is Cc1cccc(C)c1Cc1nc2c(Nc3ccc(S(=O)(=O)N4CCOCC4)cc3)ncnc2s1. The predicted molar refractivity (Wildman–Crippen MR) is 133 cm³/mol. The second-order valence-corrected chi connectivity index (χ2v) is 11.2. The van der Waals surface area contributed by atoms with Crippen molar-refractivity contribution in [1.29, 1.82) is 0 Å². The number of rotatable bonds is 6. The Hall–Kier alpha value is -2.92. The van der Waals surface area contributed by atoms with E-state index in [9.17, 15) is 8.42 Å². The summed E-state index contributed by atoms with van der Waals surface area (Å²) in [7, 11) is -3.53. The highest BCUT2D eigenvalue weighted by Gasteiger charge is 2.26. The van der Waals surface area contributed by atoms with Crippen LogP contribution in [0.1, 0.15) is 21.7 Å². The van der Waals surface area contributed by atoms with Crippen molar-refractivity contribution < 1.29 is 13.2 Å². The normalized spacial score (nSPS) is 15.0. The molecule has 1 aliphatic heterocycles. The van der Waals surface area contributed by atoms with E-state index in [0.717, 1.165) is 21.9 Å². The largest absolute Gasteiger partial charge is 0.379 e. The summed E-state index contributed by atoms with van der Waals surface area (Å²) in [6, 6.07) is 13.0. The van der Waals surface area contributed by atoms with Crippen molar-refractivity contribution >= 4 is 43.2 Å². The van der Waals surface area contributed by atoms with Crippen LogP contribution in [-0.4, -0.2) is 54.0 Å². The first-order valence-corrected chi connectivity index (χ1v) is 13.3. The summed E-state index contributed by atoms with van der Waals surface area (Å²) >= 11 is 1.56. The molecule has 0 unspecified atom stereocenters. The van der Waals surface area contributed by atoms with Gasteiger partial charge < -0.3 is 10.1 Å². The molecule has 1 saturated heterocycles. The molecular weight excluding hydrogens is 470 g/mol. The van der Waals surface area contributed by atoms with Crippen molar-refractivity contribution in [2.45, 2.75) is 25.2 Å². The van der Waals surface area contributed by atoms with Gasteiger partial charge in [-0.1, -0.05) is 29.5 Å². The monoisotopic (exact) mass is 495 g/mol. The van der Waals surface area contributed by atoms with Crippen LogP contribution in [0.15, 0.2) is 53.7 Å². The number of anilines is 2. The molecular formula is C24H25N5O3S2. The van der Waals surface area contributed by atoms with Crippen LogP contribution < -0.4 is 5.32 Å². The van der Waals surface area contributed by atoms with Gasteiger partial charge in [-0.3, -0.25) is 0 Å². The molecule has 0 atom stereocenters. The van der Waals surface area contributed by atoms with Gasteiger partial charge in [0.2, 0.25) is 10.0 Å². The van der Waals surface area contributed by atoms with Crippen molar-refractivity contribution in [3.05, 3.63) is 70.5 Å². The van der Waals surface area contributed by atoms with Gasteiger partial charge in [0.25, 0.3) is 0 Å². The van der Waals surface area contributed by atoms with Crippen molar-refractivity contribution in [3.8, 4) is 0 Å². The Morgan fingerprint density at radius 3 is 2.44 bits per heavy atom. The van der Waals surface area contributed by atoms with Crippen molar-refractivity contribution in [3.63, 3.8) is 0 Å². The van der Waals surface area contributed by atoms with E-state index in [-0.39, 0.29) is 4.90 Å². The van der Waals surface area contributed by atoms with Gasteiger partial charge in [-0.15, -0.1) is 0 Å². The molecule has 0 saturated carbocycles. The maximum absolute atomic E-state index is 12.9. The van der Waals surface area contributed by atoms with E-state index < -0.39 is 10.0 Å². The highest BCUT2D eigenvalue weighted by Crippen LogP contribution is 2.29. The van der Waals surface area contributed by atoms with E-state index in [4.69, 9.17) is 9.72 Å². The Morgan fingerprint density at radius 1 is 1.03 bits per heavy atom. The molecule has 8 nitrogen and oxygen atoms in total. The van der Waals surface area contributed by atoms with Gasteiger partial charge in [0.1, 0.15) is 21.7 Å². The third kappa shape index (κ3) is 4.54. The lowest BCUT2D eigenvalue weighted by atomic mass is 10.0. The maximum atomic E-state index is 12.9. The summed E-state index contributed by atoms with van der Waals surface area (Å²) in [4.78, 5) is 14.7. The van der Waals surface area contributed by atoms with Crippen molar-refractivity contribution in [1.82, 2.24) is 19.3 Å². The van der Waals surface area contributed by atoms with Gasteiger partial charge >= 0.3 is 0 Å². The number of nitrogens with one attached hydrogen (secondary N) is 1. The zero-order valence-electron chi connectivity index (χ0n) is 19.0. The first-order valence-electron chi connectivity index (χ1n) is 11.0. The fourth-order valence-corrected chi connectivity index (χ4v) is 6.35. The minimum atomic E-state index is -3.53. The quantitative estimate of drug-likeness (QED) is 0.431. The van der Waals surface area contributed by atoms with Crippen LogP contribution in [-0.2, 0) is 21.2 Å². The van der Waals surface area contributed by atoms with E-state index in [1.807, 2.05) is 0 Å². The van der Waals surface area contributed by atoms with Crippen LogP contribution >= 0.6 is 11.3 Å². The minimum absolute atomic E-state index is 0.261. The zero-order valence-corrected chi connectivity index (χ0v) is 20.6. The van der Waals surface area contributed by atoms with Crippen LogP contribution in [0.25, 0.3) is 10.3 Å². The summed E-state index contributed by atoms with van der Waals surface area (Å²) < 4.78 is 32.4. The number of morpholine rings is 1. The molecule has 176 valence electrons. The lowest BCUT2D eigenvalue weighted by molar-refractivity contribution is 0.0730. The smallest absolute Gasteiger partial charge is 0.243 e. The van der Waals surface area contributed by atoms with Gasteiger partial charge in [0.05, 0.1) is 18.1 Å². The Morgan fingerprint density at radius 2 is 1.74 bits per heavy atom. The van der Waals surface area contributed by atoms with E-state index in [2.05, 4.69) is 47.3 Å². The summed E-state index contributed by atoms with van der Waals surface area (Å²) in [5.41, 5.74) is 5.21. The maximum Gasteiger partial charge on any atom is 0.243 e. The molecule has 4 aromatic rings. The van der Waals surface area contributed by atoms with Gasteiger partial charge in [0.15, 0.2) is 5.82 Å². The molecule has 1 fully saturated rings. The third-order valence-corrected chi connectivity index (χ3v) is 8.81. The molecule has 2 aromatic heterocycles. The van der Waals surface area contributed by atoms with E-state index in [1.54, 1.807) is 35.6 Å². The second kappa shape index (κ2) is 9.38. The summed E-state index contributed by atoms with van der Waals surface area (Å²) in [6.45, 7) is 5.81. The van der Waals surface area contributed by atoms with Gasteiger partial charge in [-0.2, -0.15) is 4.31 Å². The van der Waals surface area contributed by atoms with E-state index in [0.29, 0.717) is 37.6 Å². The fourth-order valence-electron chi connectivity index (χ4n) is 4.03. The number of ether oxygens (including phenoxy) is 1. The molecule has 10 heteroatoms.